The molecule has 0 saturated heterocycles. The summed E-state index contributed by atoms with van der Waals surface area (Å²) in [6, 6.07) is 3.37. The maximum atomic E-state index is 11.2. The molecule has 0 aliphatic rings. The van der Waals surface area contributed by atoms with Crippen LogP contribution < -0.4 is 5.32 Å². The summed E-state index contributed by atoms with van der Waals surface area (Å²) in [5, 5.41) is 10.8. The van der Waals surface area contributed by atoms with Gasteiger partial charge in [-0.15, -0.1) is 0 Å². The standard InChI is InChI=1S/C9H11NO5S/c11-8(5-16(14)6-9(12)13)10-4-7-2-1-3-15-7/h1-3H,4-6H2,(H,10,11)(H,12,13). The molecule has 0 spiro atoms. The zero-order chi connectivity index (χ0) is 12.0. The summed E-state index contributed by atoms with van der Waals surface area (Å²) in [5.74, 6) is -1.90. The van der Waals surface area contributed by atoms with E-state index in [2.05, 4.69) is 5.32 Å². The highest BCUT2D eigenvalue weighted by Crippen LogP contribution is 1.98. The van der Waals surface area contributed by atoms with Crippen LogP contribution >= 0.6 is 0 Å². The predicted octanol–water partition coefficient (Wildman–Crippen LogP) is -0.271. The first-order valence-electron chi connectivity index (χ1n) is 4.44. The molecule has 88 valence electrons. The number of nitrogens with one attached hydrogen (secondary N) is 1. The van der Waals surface area contributed by atoms with Gasteiger partial charge in [-0.25, -0.2) is 0 Å². The third-order valence-corrected chi connectivity index (χ3v) is 2.77. The molecule has 1 rings (SSSR count). The summed E-state index contributed by atoms with van der Waals surface area (Å²) in [6.45, 7) is 0.204. The van der Waals surface area contributed by atoms with E-state index in [1.54, 1.807) is 12.1 Å². The van der Waals surface area contributed by atoms with Crippen molar-refractivity contribution in [2.24, 2.45) is 0 Å². The summed E-state index contributed by atoms with van der Waals surface area (Å²) >= 11 is 0. The van der Waals surface area contributed by atoms with Crippen LogP contribution in [0.1, 0.15) is 5.76 Å². The van der Waals surface area contributed by atoms with Gasteiger partial charge in [-0.1, -0.05) is 0 Å². The molecular weight excluding hydrogens is 234 g/mol. The number of aliphatic carboxylic acids is 1. The van der Waals surface area contributed by atoms with Crippen LogP contribution in [0.2, 0.25) is 0 Å². The lowest BCUT2D eigenvalue weighted by Crippen LogP contribution is -2.29. The Labute approximate surface area is 94.1 Å². The quantitative estimate of drug-likeness (QED) is 0.719. The molecule has 0 fully saturated rings. The van der Waals surface area contributed by atoms with E-state index in [1.807, 2.05) is 0 Å². The van der Waals surface area contributed by atoms with Gasteiger partial charge in [0, 0.05) is 10.8 Å². The summed E-state index contributed by atoms with van der Waals surface area (Å²) in [4.78, 5) is 21.4. The number of carbonyl (C=O) groups excluding carboxylic acids is 1. The van der Waals surface area contributed by atoms with E-state index in [0.717, 1.165) is 0 Å². The molecule has 0 aromatic carbocycles. The second-order valence-corrected chi connectivity index (χ2v) is 4.44. The van der Waals surface area contributed by atoms with Crippen LogP contribution in [0.25, 0.3) is 0 Å². The Hall–Kier alpha value is -1.63. The van der Waals surface area contributed by atoms with Crippen LogP contribution in [-0.4, -0.2) is 32.7 Å². The van der Waals surface area contributed by atoms with Gasteiger partial charge in [0.05, 0.1) is 12.8 Å². The highest BCUT2D eigenvalue weighted by Gasteiger charge is 2.11. The molecule has 1 amide bonds. The van der Waals surface area contributed by atoms with E-state index >= 15 is 0 Å². The van der Waals surface area contributed by atoms with Crippen molar-refractivity contribution in [3.05, 3.63) is 24.2 Å². The zero-order valence-corrected chi connectivity index (χ0v) is 9.16. The maximum Gasteiger partial charge on any atom is 0.316 e. The molecule has 0 aliphatic heterocycles. The molecule has 1 aromatic rings. The Morgan fingerprint density at radius 2 is 2.19 bits per heavy atom. The largest absolute Gasteiger partial charge is 0.481 e. The molecule has 2 N–H and O–H groups in total. The molecule has 7 heteroatoms. The van der Waals surface area contributed by atoms with Crippen molar-refractivity contribution in [3.63, 3.8) is 0 Å². The van der Waals surface area contributed by atoms with Gasteiger partial charge < -0.3 is 14.8 Å². The number of furan rings is 1. The van der Waals surface area contributed by atoms with Crippen LogP contribution in [0, 0.1) is 0 Å². The minimum absolute atomic E-state index is 0.204. The second kappa shape index (κ2) is 6.06. The normalized spacial score (nSPS) is 12.0. The first kappa shape index (κ1) is 12.4. The van der Waals surface area contributed by atoms with Crippen LogP contribution in [-0.2, 0) is 26.9 Å². The zero-order valence-electron chi connectivity index (χ0n) is 8.34. The lowest BCUT2D eigenvalue weighted by atomic mass is 10.4. The summed E-state index contributed by atoms with van der Waals surface area (Å²) < 4.78 is 16.0. The summed E-state index contributed by atoms with van der Waals surface area (Å²) in [6.07, 6.45) is 1.48. The average molecular weight is 245 g/mol. The third kappa shape index (κ3) is 4.74. The van der Waals surface area contributed by atoms with Gasteiger partial charge in [-0.2, -0.15) is 0 Å². The molecule has 6 nitrogen and oxygen atoms in total. The number of hydrogen-bond acceptors (Lipinski definition) is 4. The smallest absolute Gasteiger partial charge is 0.316 e. The Morgan fingerprint density at radius 3 is 2.75 bits per heavy atom. The van der Waals surface area contributed by atoms with Crippen molar-refractivity contribution in [3.8, 4) is 0 Å². The Balaban J connectivity index is 2.25. The number of amides is 1. The van der Waals surface area contributed by atoms with Crippen LogP contribution in [0.5, 0.6) is 0 Å². The first-order chi connectivity index (χ1) is 7.58. The minimum atomic E-state index is -1.67. The summed E-state index contributed by atoms with van der Waals surface area (Å²) in [7, 11) is -1.67. The number of carboxylic acids is 1. The fourth-order valence-electron chi connectivity index (χ4n) is 0.985. The van der Waals surface area contributed by atoms with Gasteiger partial charge in [0.2, 0.25) is 5.91 Å². The van der Waals surface area contributed by atoms with E-state index in [4.69, 9.17) is 9.52 Å². The first-order valence-corrected chi connectivity index (χ1v) is 5.92. The van der Waals surface area contributed by atoms with Gasteiger partial charge in [0.15, 0.2) is 0 Å². The number of carboxylic acid groups (broad SMARTS) is 1. The molecule has 0 aliphatic carbocycles. The molecule has 1 atom stereocenters. The van der Waals surface area contributed by atoms with Gasteiger partial charge in [-0.05, 0) is 12.1 Å². The lowest BCUT2D eigenvalue weighted by Gasteiger charge is -2.01. The Bertz CT molecular complexity index is 387. The fourth-order valence-corrected chi connectivity index (χ4v) is 1.76. The lowest BCUT2D eigenvalue weighted by molar-refractivity contribution is -0.133. The molecule has 0 saturated carbocycles. The second-order valence-electron chi connectivity index (χ2n) is 2.98. The number of hydrogen-bond donors (Lipinski definition) is 2. The maximum absolute atomic E-state index is 11.2. The van der Waals surface area contributed by atoms with Crippen molar-refractivity contribution in [2.45, 2.75) is 6.54 Å². The van der Waals surface area contributed by atoms with E-state index in [-0.39, 0.29) is 12.3 Å². The number of rotatable bonds is 6. The monoisotopic (exact) mass is 245 g/mol. The van der Waals surface area contributed by atoms with Crippen LogP contribution in [0.3, 0.4) is 0 Å². The van der Waals surface area contributed by atoms with Gasteiger partial charge in [0.1, 0.15) is 17.3 Å². The molecule has 1 heterocycles. The van der Waals surface area contributed by atoms with Crippen molar-refractivity contribution in [2.75, 3.05) is 11.5 Å². The van der Waals surface area contributed by atoms with E-state index in [1.165, 1.54) is 6.26 Å². The Morgan fingerprint density at radius 1 is 1.44 bits per heavy atom. The predicted molar refractivity (Wildman–Crippen MR) is 56.1 cm³/mol. The minimum Gasteiger partial charge on any atom is -0.481 e. The average Bonchev–Trinajstić information content (AvgIpc) is 2.65. The highest BCUT2D eigenvalue weighted by atomic mass is 32.2. The highest BCUT2D eigenvalue weighted by molar-refractivity contribution is 7.86. The van der Waals surface area contributed by atoms with Crippen molar-refractivity contribution in [1.29, 1.82) is 0 Å². The molecule has 0 bridgehead atoms. The van der Waals surface area contributed by atoms with Crippen molar-refractivity contribution >= 4 is 22.7 Å². The fraction of sp³-hybridized carbons (Fsp3) is 0.333. The van der Waals surface area contributed by atoms with Gasteiger partial charge in [0.25, 0.3) is 0 Å². The SMILES string of the molecule is O=C(O)CS(=O)CC(=O)NCc1ccco1. The molecule has 1 aromatic heterocycles. The van der Waals surface area contributed by atoms with Crippen LogP contribution in [0.15, 0.2) is 22.8 Å². The van der Waals surface area contributed by atoms with E-state index < -0.39 is 28.4 Å². The van der Waals surface area contributed by atoms with Gasteiger partial charge >= 0.3 is 5.97 Å². The van der Waals surface area contributed by atoms with Crippen molar-refractivity contribution < 1.29 is 23.3 Å². The van der Waals surface area contributed by atoms with Crippen molar-refractivity contribution in [1.82, 2.24) is 5.32 Å². The molecule has 16 heavy (non-hydrogen) atoms. The summed E-state index contributed by atoms with van der Waals surface area (Å²) in [5.41, 5.74) is 0. The third-order valence-electron chi connectivity index (χ3n) is 1.62. The van der Waals surface area contributed by atoms with Crippen LogP contribution in [0.4, 0.5) is 0 Å². The number of carbonyl (C=O) groups is 2. The Kier molecular flexibility index (Phi) is 4.71. The molecule has 1 unspecified atom stereocenters. The molecule has 0 radical (unpaired) electrons. The topological polar surface area (TPSA) is 96.6 Å². The van der Waals surface area contributed by atoms with E-state index in [9.17, 15) is 13.8 Å². The van der Waals surface area contributed by atoms with E-state index in [0.29, 0.717) is 5.76 Å². The molecular formula is C9H11NO5S. The van der Waals surface area contributed by atoms with Gasteiger partial charge in [-0.3, -0.25) is 13.8 Å².